The van der Waals surface area contributed by atoms with Crippen molar-refractivity contribution < 1.29 is 9.53 Å². The highest BCUT2D eigenvalue weighted by Gasteiger charge is 2.08. The Balaban J connectivity index is 1.41. The summed E-state index contributed by atoms with van der Waals surface area (Å²) in [6, 6.07) is 23.6. The Hall–Kier alpha value is -2.83. The molecule has 4 nitrogen and oxygen atoms in total. The zero-order valence-electron chi connectivity index (χ0n) is 15.2. The Morgan fingerprint density at radius 2 is 1.89 bits per heavy atom. The molecular weight excluding hydrogens is 388 g/mol. The lowest BCUT2D eigenvalue weighted by Crippen LogP contribution is -2.13. The van der Waals surface area contributed by atoms with Crippen molar-refractivity contribution in [3.63, 3.8) is 0 Å². The van der Waals surface area contributed by atoms with Crippen molar-refractivity contribution in [1.29, 1.82) is 0 Å². The number of aromatic nitrogens is 1. The smallest absolute Gasteiger partial charge is 0.234 e. The lowest BCUT2D eigenvalue weighted by atomic mass is 10.2. The average Bonchev–Trinajstić information content (AvgIpc) is 3.17. The van der Waals surface area contributed by atoms with Crippen LogP contribution in [0.2, 0.25) is 0 Å². The number of para-hydroxylation sites is 1. The number of fused-ring (bicyclic) bond motifs is 1. The summed E-state index contributed by atoms with van der Waals surface area (Å²) in [6.07, 6.45) is 0. The molecule has 0 aliphatic heterocycles. The van der Waals surface area contributed by atoms with Gasteiger partial charge in [-0.05, 0) is 48.5 Å². The number of anilines is 1. The number of methoxy groups -OCH3 is 1. The van der Waals surface area contributed by atoms with E-state index in [1.807, 2.05) is 66.7 Å². The van der Waals surface area contributed by atoms with E-state index in [1.165, 1.54) is 11.8 Å². The minimum Gasteiger partial charge on any atom is -0.497 e. The molecule has 28 heavy (non-hydrogen) atoms. The molecule has 6 heteroatoms. The molecule has 0 unspecified atom stereocenters. The number of carbonyl (C=O) groups is 1. The van der Waals surface area contributed by atoms with Crippen LogP contribution in [0.15, 0.2) is 77.7 Å². The van der Waals surface area contributed by atoms with E-state index in [2.05, 4.69) is 16.4 Å². The Morgan fingerprint density at radius 1 is 1.07 bits per heavy atom. The zero-order chi connectivity index (χ0) is 19.3. The summed E-state index contributed by atoms with van der Waals surface area (Å²) in [4.78, 5) is 18.0. The Bertz CT molecular complexity index is 1070. The fourth-order valence-electron chi connectivity index (χ4n) is 2.74. The number of rotatable bonds is 6. The first-order chi connectivity index (χ1) is 13.7. The first-order valence-electron chi connectivity index (χ1n) is 8.74. The molecule has 140 valence electrons. The van der Waals surface area contributed by atoms with Gasteiger partial charge in [0, 0.05) is 16.1 Å². The Morgan fingerprint density at radius 3 is 2.68 bits per heavy atom. The molecule has 0 bridgehead atoms. The van der Waals surface area contributed by atoms with Gasteiger partial charge in [0.2, 0.25) is 5.91 Å². The molecule has 0 atom stereocenters. The largest absolute Gasteiger partial charge is 0.497 e. The predicted octanol–water partition coefficient (Wildman–Crippen LogP) is 5.70. The van der Waals surface area contributed by atoms with Crippen LogP contribution in [-0.4, -0.2) is 23.8 Å². The molecule has 4 aromatic rings. The van der Waals surface area contributed by atoms with Gasteiger partial charge in [-0.2, -0.15) is 0 Å². The number of carbonyl (C=O) groups excluding carboxylic acids is 1. The van der Waals surface area contributed by atoms with Crippen LogP contribution in [0.4, 0.5) is 5.69 Å². The zero-order valence-corrected chi connectivity index (χ0v) is 16.8. The van der Waals surface area contributed by atoms with Crippen LogP contribution in [-0.2, 0) is 4.79 Å². The molecule has 0 spiro atoms. The number of hydrogen-bond acceptors (Lipinski definition) is 5. The minimum atomic E-state index is -0.0396. The predicted molar refractivity (Wildman–Crippen MR) is 117 cm³/mol. The van der Waals surface area contributed by atoms with E-state index in [0.29, 0.717) is 5.75 Å². The van der Waals surface area contributed by atoms with Crippen LogP contribution >= 0.6 is 23.1 Å². The number of thioether (sulfide) groups is 1. The molecule has 1 heterocycles. The molecule has 3 aromatic carbocycles. The number of benzene rings is 3. The highest BCUT2D eigenvalue weighted by Crippen LogP contribution is 2.31. The first kappa shape index (κ1) is 18.5. The van der Waals surface area contributed by atoms with E-state index in [-0.39, 0.29) is 5.91 Å². The lowest BCUT2D eigenvalue weighted by molar-refractivity contribution is -0.113. The van der Waals surface area contributed by atoms with E-state index < -0.39 is 0 Å². The topological polar surface area (TPSA) is 51.2 Å². The number of hydrogen-bond donors (Lipinski definition) is 1. The van der Waals surface area contributed by atoms with Gasteiger partial charge in [-0.3, -0.25) is 4.79 Å². The van der Waals surface area contributed by atoms with Crippen LogP contribution in [0.3, 0.4) is 0 Å². The number of amides is 1. The van der Waals surface area contributed by atoms with Gasteiger partial charge in [0.1, 0.15) is 10.8 Å². The maximum absolute atomic E-state index is 12.3. The van der Waals surface area contributed by atoms with Crippen molar-refractivity contribution in [2.45, 2.75) is 4.90 Å². The molecule has 4 rings (SSSR count). The summed E-state index contributed by atoms with van der Waals surface area (Å²) < 4.78 is 6.30. The fourth-order valence-corrected chi connectivity index (χ4v) is 4.40. The molecule has 0 aliphatic rings. The third-order valence-corrected chi connectivity index (χ3v) is 6.21. The third kappa shape index (κ3) is 4.35. The van der Waals surface area contributed by atoms with E-state index in [0.717, 1.165) is 37.1 Å². The maximum atomic E-state index is 12.3. The van der Waals surface area contributed by atoms with Crippen molar-refractivity contribution in [3.8, 4) is 16.3 Å². The molecular formula is C22H18N2O2S2. The van der Waals surface area contributed by atoms with Gasteiger partial charge in [-0.25, -0.2) is 4.98 Å². The maximum Gasteiger partial charge on any atom is 0.234 e. The lowest BCUT2D eigenvalue weighted by Gasteiger charge is -2.07. The summed E-state index contributed by atoms with van der Waals surface area (Å²) in [5.41, 5.74) is 2.77. The standard InChI is InChI=1S/C22H18N2O2S2/c1-26-17-9-11-18(12-10-17)27-14-21(25)23-16-6-4-5-15(13-16)22-24-19-7-2-3-8-20(19)28-22/h2-13H,14H2,1H3,(H,23,25). The first-order valence-corrected chi connectivity index (χ1v) is 10.5. The molecule has 0 fully saturated rings. The molecule has 1 amide bonds. The van der Waals surface area contributed by atoms with E-state index >= 15 is 0 Å². The Labute approximate surface area is 171 Å². The SMILES string of the molecule is COc1ccc(SCC(=O)Nc2cccc(-c3nc4ccccc4s3)c2)cc1. The van der Waals surface area contributed by atoms with Gasteiger partial charge >= 0.3 is 0 Å². The van der Waals surface area contributed by atoms with Crippen molar-refractivity contribution in [2.75, 3.05) is 18.2 Å². The molecule has 0 saturated carbocycles. The summed E-state index contributed by atoms with van der Waals surface area (Å²) in [5.74, 6) is 1.11. The fraction of sp³-hybridized carbons (Fsp3) is 0.0909. The molecule has 0 aliphatic carbocycles. The summed E-state index contributed by atoms with van der Waals surface area (Å²) in [5, 5.41) is 3.92. The van der Waals surface area contributed by atoms with Crippen LogP contribution in [0.5, 0.6) is 5.75 Å². The highest BCUT2D eigenvalue weighted by molar-refractivity contribution is 8.00. The van der Waals surface area contributed by atoms with Crippen LogP contribution in [0, 0.1) is 0 Å². The molecule has 1 N–H and O–H groups in total. The van der Waals surface area contributed by atoms with Gasteiger partial charge < -0.3 is 10.1 Å². The average molecular weight is 407 g/mol. The van der Waals surface area contributed by atoms with E-state index in [4.69, 9.17) is 4.74 Å². The molecule has 0 radical (unpaired) electrons. The monoisotopic (exact) mass is 406 g/mol. The van der Waals surface area contributed by atoms with Crippen LogP contribution < -0.4 is 10.1 Å². The van der Waals surface area contributed by atoms with Crippen molar-refractivity contribution in [1.82, 2.24) is 4.98 Å². The summed E-state index contributed by atoms with van der Waals surface area (Å²) in [6.45, 7) is 0. The van der Waals surface area contributed by atoms with Crippen LogP contribution in [0.25, 0.3) is 20.8 Å². The van der Waals surface area contributed by atoms with Crippen molar-refractivity contribution in [3.05, 3.63) is 72.8 Å². The number of thiazole rings is 1. The Kier molecular flexibility index (Phi) is 5.60. The van der Waals surface area contributed by atoms with Gasteiger partial charge in [-0.15, -0.1) is 23.1 Å². The van der Waals surface area contributed by atoms with E-state index in [9.17, 15) is 4.79 Å². The van der Waals surface area contributed by atoms with Gasteiger partial charge in [0.25, 0.3) is 0 Å². The van der Waals surface area contributed by atoms with Gasteiger partial charge in [0.05, 0.1) is 23.1 Å². The third-order valence-electron chi connectivity index (χ3n) is 4.12. The second kappa shape index (κ2) is 8.46. The number of nitrogens with one attached hydrogen (secondary N) is 1. The molecule has 0 saturated heterocycles. The second-order valence-electron chi connectivity index (χ2n) is 6.08. The quantitative estimate of drug-likeness (QED) is 0.417. The van der Waals surface area contributed by atoms with Crippen LogP contribution in [0.1, 0.15) is 0 Å². The summed E-state index contributed by atoms with van der Waals surface area (Å²) >= 11 is 3.14. The second-order valence-corrected chi connectivity index (χ2v) is 8.16. The minimum absolute atomic E-state index is 0.0396. The van der Waals surface area contributed by atoms with Crippen molar-refractivity contribution in [2.24, 2.45) is 0 Å². The normalized spacial score (nSPS) is 10.8. The number of ether oxygens (including phenoxy) is 1. The summed E-state index contributed by atoms with van der Waals surface area (Å²) in [7, 11) is 1.64. The molecule has 1 aromatic heterocycles. The highest BCUT2D eigenvalue weighted by atomic mass is 32.2. The van der Waals surface area contributed by atoms with Gasteiger partial charge in [0.15, 0.2) is 0 Å². The van der Waals surface area contributed by atoms with E-state index in [1.54, 1.807) is 18.4 Å². The van der Waals surface area contributed by atoms with Gasteiger partial charge in [-0.1, -0.05) is 24.3 Å². The van der Waals surface area contributed by atoms with Crippen molar-refractivity contribution >= 4 is 44.9 Å². The number of nitrogens with zero attached hydrogens (tertiary/aromatic N) is 1.